The van der Waals surface area contributed by atoms with Gasteiger partial charge in [-0.2, -0.15) is 0 Å². The molecule has 152 valence electrons. The third-order valence-corrected chi connectivity index (χ3v) is 7.44. The van der Waals surface area contributed by atoms with Gasteiger partial charge in [-0.25, -0.2) is 0 Å². The van der Waals surface area contributed by atoms with Crippen LogP contribution in [-0.2, 0) is 20.7 Å². The van der Waals surface area contributed by atoms with Gasteiger partial charge < -0.3 is 14.6 Å². The van der Waals surface area contributed by atoms with Crippen molar-refractivity contribution in [1.82, 2.24) is 0 Å². The summed E-state index contributed by atoms with van der Waals surface area (Å²) in [6.45, 7) is 7.01. The molecule has 5 nitrogen and oxygen atoms in total. The monoisotopic (exact) mass is 386 g/mol. The molecule has 0 radical (unpaired) electrons. The highest BCUT2D eigenvalue weighted by Gasteiger charge is 2.62. The van der Waals surface area contributed by atoms with Gasteiger partial charge in [0.1, 0.15) is 11.9 Å². The Labute approximate surface area is 166 Å². The van der Waals surface area contributed by atoms with Crippen LogP contribution in [0.2, 0.25) is 0 Å². The summed E-state index contributed by atoms with van der Waals surface area (Å²) in [6, 6.07) is 5.82. The van der Waals surface area contributed by atoms with Gasteiger partial charge in [-0.1, -0.05) is 13.0 Å². The molecule has 0 aliphatic heterocycles. The van der Waals surface area contributed by atoms with Crippen LogP contribution in [0.4, 0.5) is 0 Å². The van der Waals surface area contributed by atoms with Crippen LogP contribution in [0, 0.1) is 17.3 Å². The molecule has 3 aliphatic carbocycles. The first kappa shape index (κ1) is 19.4. The molecule has 0 bridgehead atoms. The van der Waals surface area contributed by atoms with Crippen molar-refractivity contribution in [2.24, 2.45) is 17.3 Å². The van der Waals surface area contributed by atoms with Crippen LogP contribution in [-0.4, -0.2) is 28.8 Å². The fourth-order valence-electron chi connectivity index (χ4n) is 6.73. The van der Waals surface area contributed by atoms with Crippen molar-refractivity contribution < 1.29 is 24.2 Å². The molecule has 0 unspecified atom stereocenters. The van der Waals surface area contributed by atoms with Crippen LogP contribution >= 0.6 is 0 Å². The number of benzene rings is 1. The second-order valence-electron chi connectivity index (χ2n) is 9.46. The van der Waals surface area contributed by atoms with Crippen LogP contribution < -0.4 is 4.74 Å². The zero-order valence-corrected chi connectivity index (χ0v) is 17.2. The standard InChI is InChI=1S/C23H30O5/c1-13(24)27-16-6-8-17-15(11-16)5-7-18-19-9-10-20(28-14(2)25)22(19,3)12-23(4,26)21(17)18/h6,8,11,18-21,26H,5,7,9-10,12H2,1-4H3/t18-,19+,20-,21-,22+,23-/m0/s1. The molecule has 2 fully saturated rings. The lowest BCUT2D eigenvalue weighted by molar-refractivity contribution is -0.166. The number of carbonyl (C=O) groups excluding carboxylic acids is 2. The quantitative estimate of drug-likeness (QED) is 0.619. The first-order chi connectivity index (χ1) is 13.1. The molecule has 0 heterocycles. The lowest BCUT2D eigenvalue weighted by Crippen LogP contribution is -2.55. The van der Waals surface area contributed by atoms with Crippen molar-refractivity contribution in [1.29, 1.82) is 0 Å². The van der Waals surface area contributed by atoms with Gasteiger partial charge in [-0.15, -0.1) is 0 Å². The topological polar surface area (TPSA) is 72.8 Å². The van der Waals surface area contributed by atoms with Crippen molar-refractivity contribution in [3.8, 4) is 5.75 Å². The second-order valence-corrected chi connectivity index (χ2v) is 9.46. The minimum Gasteiger partial charge on any atom is -0.462 e. The fourth-order valence-corrected chi connectivity index (χ4v) is 6.73. The molecular formula is C23H30O5. The Bertz CT molecular complexity index is 813. The second kappa shape index (κ2) is 6.58. The summed E-state index contributed by atoms with van der Waals surface area (Å²) in [5.74, 6) is 0.861. The number of hydrogen-bond donors (Lipinski definition) is 1. The Kier molecular flexibility index (Phi) is 4.57. The molecule has 28 heavy (non-hydrogen) atoms. The number of fused-ring (bicyclic) bond motifs is 5. The van der Waals surface area contributed by atoms with E-state index in [4.69, 9.17) is 9.47 Å². The van der Waals surface area contributed by atoms with Crippen molar-refractivity contribution in [3.63, 3.8) is 0 Å². The van der Waals surface area contributed by atoms with Crippen molar-refractivity contribution >= 4 is 11.9 Å². The maximum absolute atomic E-state index is 11.6. The van der Waals surface area contributed by atoms with E-state index in [1.165, 1.54) is 25.0 Å². The highest BCUT2D eigenvalue weighted by Crippen LogP contribution is 2.64. The van der Waals surface area contributed by atoms with Gasteiger partial charge in [0.2, 0.25) is 0 Å². The molecular weight excluding hydrogens is 356 g/mol. The molecule has 4 rings (SSSR count). The summed E-state index contributed by atoms with van der Waals surface area (Å²) >= 11 is 0. The lowest BCUT2D eigenvalue weighted by atomic mass is 9.50. The number of carbonyl (C=O) groups is 2. The summed E-state index contributed by atoms with van der Waals surface area (Å²) in [5.41, 5.74) is 1.27. The van der Waals surface area contributed by atoms with E-state index in [1.807, 2.05) is 25.1 Å². The van der Waals surface area contributed by atoms with Gasteiger partial charge in [0.05, 0.1) is 5.60 Å². The Hall–Kier alpha value is -1.88. The zero-order chi connectivity index (χ0) is 20.3. The van der Waals surface area contributed by atoms with E-state index >= 15 is 0 Å². The molecule has 3 aliphatic rings. The summed E-state index contributed by atoms with van der Waals surface area (Å²) in [6.07, 6.45) is 4.31. The molecule has 5 heteroatoms. The Morgan fingerprint density at radius 1 is 1.11 bits per heavy atom. The largest absolute Gasteiger partial charge is 0.462 e. The summed E-state index contributed by atoms with van der Waals surface area (Å²) in [7, 11) is 0. The first-order valence-corrected chi connectivity index (χ1v) is 10.3. The van der Waals surface area contributed by atoms with E-state index in [0.29, 0.717) is 24.0 Å². The molecule has 1 aromatic carbocycles. The summed E-state index contributed by atoms with van der Waals surface area (Å²) in [4.78, 5) is 22.9. The minimum absolute atomic E-state index is 0.0526. The van der Waals surface area contributed by atoms with Crippen LogP contribution in [0.3, 0.4) is 0 Å². The fraction of sp³-hybridized carbons (Fsp3) is 0.652. The number of ether oxygens (including phenoxy) is 2. The van der Waals surface area contributed by atoms with Gasteiger partial charge in [0.25, 0.3) is 0 Å². The molecule has 6 atom stereocenters. The number of hydrogen-bond acceptors (Lipinski definition) is 5. The molecule has 1 N–H and O–H groups in total. The van der Waals surface area contributed by atoms with Gasteiger partial charge in [-0.05, 0) is 74.1 Å². The van der Waals surface area contributed by atoms with E-state index < -0.39 is 5.60 Å². The molecule has 0 saturated heterocycles. The maximum Gasteiger partial charge on any atom is 0.308 e. The van der Waals surface area contributed by atoms with Crippen LogP contribution in [0.5, 0.6) is 5.75 Å². The normalized spacial score (nSPS) is 38.8. The third-order valence-electron chi connectivity index (χ3n) is 7.44. The highest BCUT2D eigenvalue weighted by molar-refractivity contribution is 5.69. The zero-order valence-electron chi connectivity index (χ0n) is 17.2. The van der Waals surface area contributed by atoms with Gasteiger partial charge in [0, 0.05) is 25.2 Å². The Morgan fingerprint density at radius 3 is 2.54 bits per heavy atom. The number of esters is 2. The van der Waals surface area contributed by atoms with Crippen LogP contribution in [0.15, 0.2) is 18.2 Å². The third kappa shape index (κ3) is 3.04. The van der Waals surface area contributed by atoms with E-state index in [9.17, 15) is 14.7 Å². The molecule has 0 spiro atoms. The lowest BCUT2D eigenvalue weighted by Gasteiger charge is -2.56. The number of rotatable bonds is 2. The molecule has 2 saturated carbocycles. The Morgan fingerprint density at radius 2 is 1.86 bits per heavy atom. The van der Waals surface area contributed by atoms with Gasteiger partial charge in [0.15, 0.2) is 0 Å². The SMILES string of the molecule is CC(=O)Oc1ccc2c(c1)CC[C@H]1[C@H]3CC[C@H](OC(C)=O)[C@]3(C)C[C@](C)(O)[C@@H]21. The van der Waals surface area contributed by atoms with E-state index in [0.717, 1.165) is 25.7 Å². The molecule has 1 aromatic rings. The number of aliphatic hydroxyl groups is 1. The van der Waals surface area contributed by atoms with Crippen molar-refractivity contribution in [2.45, 2.75) is 77.4 Å². The van der Waals surface area contributed by atoms with Gasteiger partial charge >= 0.3 is 11.9 Å². The smallest absolute Gasteiger partial charge is 0.308 e. The van der Waals surface area contributed by atoms with E-state index in [1.54, 1.807) is 0 Å². The average molecular weight is 386 g/mol. The maximum atomic E-state index is 11.6. The van der Waals surface area contributed by atoms with Gasteiger partial charge in [-0.3, -0.25) is 9.59 Å². The predicted molar refractivity (Wildman–Crippen MR) is 104 cm³/mol. The average Bonchev–Trinajstić information content (AvgIpc) is 2.88. The van der Waals surface area contributed by atoms with Crippen LogP contribution in [0.25, 0.3) is 0 Å². The predicted octanol–water partition coefficient (Wildman–Crippen LogP) is 3.76. The summed E-state index contributed by atoms with van der Waals surface area (Å²) in [5, 5.41) is 11.6. The van der Waals surface area contributed by atoms with E-state index in [2.05, 4.69) is 6.92 Å². The minimum atomic E-state index is -0.878. The van der Waals surface area contributed by atoms with E-state index in [-0.39, 0.29) is 29.4 Å². The Balaban J connectivity index is 1.69. The first-order valence-electron chi connectivity index (χ1n) is 10.3. The van der Waals surface area contributed by atoms with Crippen molar-refractivity contribution in [2.75, 3.05) is 0 Å². The summed E-state index contributed by atoms with van der Waals surface area (Å²) < 4.78 is 10.9. The van der Waals surface area contributed by atoms with Crippen LogP contribution in [0.1, 0.15) is 70.4 Å². The molecule has 0 amide bonds. The number of aryl methyl sites for hydroxylation is 1. The van der Waals surface area contributed by atoms with Crippen molar-refractivity contribution in [3.05, 3.63) is 29.3 Å². The molecule has 0 aromatic heterocycles. The highest BCUT2D eigenvalue weighted by atomic mass is 16.5.